The lowest BCUT2D eigenvalue weighted by atomic mass is 10.00. The Morgan fingerprint density at radius 2 is 2.31 bits per heavy atom. The minimum absolute atomic E-state index is 0.557. The molecule has 1 aromatic rings. The second-order valence-corrected chi connectivity index (χ2v) is 5.07. The largest absolute Gasteiger partial charge is 0.313 e. The molecule has 90 valence electrons. The van der Waals surface area contributed by atoms with Crippen LogP contribution >= 0.6 is 11.3 Å². The van der Waals surface area contributed by atoms with Gasteiger partial charge < -0.3 is 5.32 Å². The predicted molar refractivity (Wildman–Crippen MR) is 74.2 cm³/mol. The first kappa shape index (κ1) is 13.5. The molecule has 0 radical (unpaired) electrons. The van der Waals surface area contributed by atoms with Crippen LogP contribution < -0.4 is 5.32 Å². The van der Waals surface area contributed by atoms with Gasteiger partial charge in [0.25, 0.3) is 0 Å². The van der Waals surface area contributed by atoms with Crippen molar-refractivity contribution in [2.45, 2.75) is 45.6 Å². The SMILES string of the molecule is C=C(CC)CC(Cc1ccsc1)NCCC. The van der Waals surface area contributed by atoms with Gasteiger partial charge in [0.2, 0.25) is 0 Å². The van der Waals surface area contributed by atoms with Crippen molar-refractivity contribution in [1.29, 1.82) is 0 Å². The molecule has 0 amide bonds. The molecular weight excluding hydrogens is 214 g/mol. The van der Waals surface area contributed by atoms with E-state index in [1.54, 1.807) is 11.3 Å². The van der Waals surface area contributed by atoms with Crippen molar-refractivity contribution >= 4 is 11.3 Å². The summed E-state index contributed by atoms with van der Waals surface area (Å²) in [7, 11) is 0. The van der Waals surface area contributed by atoms with Crippen LogP contribution in [0.1, 0.15) is 38.7 Å². The van der Waals surface area contributed by atoms with E-state index in [0.29, 0.717) is 6.04 Å². The van der Waals surface area contributed by atoms with Gasteiger partial charge >= 0.3 is 0 Å². The van der Waals surface area contributed by atoms with Gasteiger partial charge in [0.05, 0.1) is 0 Å². The molecule has 0 aliphatic carbocycles. The molecule has 16 heavy (non-hydrogen) atoms. The third-order valence-electron chi connectivity index (χ3n) is 2.78. The number of thiophene rings is 1. The summed E-state index contributed by atoms with van der Waals surface area (Å²) >= 11 is 1.78. The Morgan fingerprint density at radius 3 is 2.88 bits per heavy atom. The Kier molecular flexibility index (Phi) is 6.43. The molecule has 1 atom stereocenters. The van der Waals surface area contributed by atoms with Gasteiger partial charge in [0.15, 0.2) is 0 Å². The van der Waals surface area contributed by atoms with Crippen LogP contribution in [0.2, 0.25) is 0 Å². The van der Waals surface area contributed by atoms with E-state index in [1.807, 2.05) is 0 Å². The number of nitrogens with one attached hydrogen (secondary N) is 1. The standard InChI is InChI=1S/C14H23NS/c1-4-7-15-14(9-12(3)5-2)10-13-6-8-16-11-13/h6,8,11,14-15H,3-5,7,9-10H2,1-2H3. The van der Waals surface area contributed by atoms with Gasteiger partial charge in [-0.2, -0.15) is 11.3 Å². The van der Waals surface area contributed by atoms with E-state index in [1.165, 1.54) is 17.6 Å². The molecule has 0 aliphatic rings. The Bertz CT molecular complexity index is 290. The Hall–Kier alpha value is -0.600. The average molecular weight is 237 g/mol. The van der Waals surface area contributed by atoms with Crippen LogP contribution in [-0.4, -0.2) is 12.6 Å². The van der Waals surface area contributed by atoms with Crippen LogP contribution in [0.4, 0.5) is 0 Å². The Labute approximate surface area is 104 Å². The molecule has 0 saturated heterocycles. The monoisotopic (exact) mass is 237 g/mol. The van der Waals surface area contributed by atoms with E-state index < -0.39 is 0 Å². The molecule has 1 unspecified atom stereocenters. The summed E-state index contributed by atoms with van der Waals surface area (Å²) in [5.74, 6) is 0. The van der Waals surface area contributed by atoms with Crippen molar-refractivity contribution in [3.8, 4) is 0 Å². The second kappa shape index (κ2) is 7.64. The van der Waals surface area contributed by atoms with E-state index in [4.69, 9.17) is 0 Å². The van der Waals surface area contributed by atoms with Crippen molar-refractivity contribution in [3.63, 3.8) is 0 Å². The summed E-state index contributed by atoms with van der Waals surface area (Å²) in [6.07, 6.45) is 4.52. The zero-order chi connectivity index (χ0) is 11.8. The maximum atomic E-state index is 4.11. The molecule has 0 fully saturated rings. The Balaban J connectivity index is 2.46. The van der Waals surface area contributed by atoms with E-state index in [-0.39, 0.29) is 0 Å². The van der Waals surface area contributed by atoms with Crippen molar-refractivity contribution in [2.24, 2.45) is 0 Å². The van der Waals surface area contributed by atoms with Crippen LogP contribution in [0.3, 0.4) is 0 Å². The summed E-state index contributed by atoms with van der Waals surface area (Å²) < 4.78 is 0. The van der Waals surface area contributed by atoms with Crippen LogP contribution in [0.15, 0.2) is 29.0 Å². The number of rotatable bonds is 8. The van der Waals surface area contributed by atoms with Crippen molar-refractivity contribution in [1.82, 2.24) is 5.32 Å². The van der Waals surface area contributed by atoms with Crippen LogP contribution in [0, 0.1) is 0 Å². The first-order valence-electron chi connectivity index (χ1n) is 6.17. The number of hydrogen-bond donors (Lipinski definition) is 1. The highest BCUT2D eigenvalue weighted by Gasteiger charge is 2.09. The topological polar surface area (TPSA) is 12.0 Å². The minimum atomic E-state index is 0.557. The van der Waals surface area contributed by atoms with Gasteiger partial charge in [0.1, 0.15) is 0 Å². The molecule has 2 heteroatoms. The van der Waals surface area contributed by atoms with Gasteiger partial charge in [-0.15, -0.1) is 0 Å². The van der Waals surface area contributed by atoms with Gasteiger partial charge in [-0.05, 0) is 54.6 Å². The normalized spacial score (nSPS) is 12.6. The lowest BCUT2D eigenvalue weighted by molar-refractivity contribution is 0.500. The number of hydrogen-bond acceptors (Lipinski definition) is 2. The molecule has 0 aliphatic heterocycles. The third-order valence-corrected chi connectivity index (χ3v) is 3.51. The molecule has 1 nitrogen and oxygen atoms in total. The fraction of sp³-hybridized carbons (Fsp3) is 0.571. The average Bonchev–Trinajstić information content (AvgIpc) is 2.78. The first-order chi connectivity index (χ1) is 7.76. The zero-order valence-corrected chi connectivity index (χ0v) is 11.3. The summed E-state index contributed by atoms with van der Waals surface area (Å²) in [5.41, 5.74) is 2.80. The Morgan fingerprint density at radius 1 is 1.50 bits per heavy atom. The predicted octanol–water partition coefficient (Wildman–Crippen LogP) is 4.02. The second-order valence-electron chi connectivity index (χ2n) is 4.29. The molecule has 0 spiro atoms. The summed E-state index contributed by atoms with van der Waals surface area (Å²) in [6, 6.07) is 2.78. The van der Waals surface area contributed by atoms with E-state index in [2.05, 4.69) is 42.6 Å². The molecule has 1 rings (SSSR count). The van der Waals surface area contributed by atoms with E-state index >= 15 is 0 Å². The van der Waals surface area contributed by atoms with E-state index in [9.17, 15) is 0 Å². The molecule has 0 bridgehead atoms. The van der Waals surface area contributed by atoms with Crippen LogP contribution in [-0.2, 0) is 6.42 Å². The molecule has 1 heterocycles. The molecule has 0 saturated carbocycles. The summed E-state index contributed by atoms with van der Waals surface area (Å²) in [5, 5.41) is 8.02. The van der Waals surface area contributed by atoms with Crippen molar-refractivity contribution < 1.29 is 0 Å². The fourth-order valence-electron chi connectivity index (χ4n) is 1.75. The lowest BCUT2D eigenvalue weighted by Crippen LogP contribution is -2.32. The quantitative estimate of drug-likeness (QED) is 0.674. The van der Waals surface area contributed by atoms with E-state index in [0.717, 1.165) is 25.8 Å². The van der Waals surface area contributed by atoms with Gasteiger partial charge in [-0.3, -0.25) is 0 Å². The maximum Gasteiger partial charge on any atom is 0.0145 e. The minimum Gasteiger partial charge on any atom is -0.313 e. The first-order valence-corrected chi connectivity index (χ1v) is 7.11. The van der Waals surface area contributed by atoms with Crippen LogP contribution in [0.25, 0.3) is 0 Å². The van der Waals surface area contributed by atoms with Crippen molar-refractivity contribution in [3.05, 3.63) is 34.5 Å². The molecule has 0 aromatic carbocycles. The third kappa shape index (κ3) is 4.95. The summed E-state index contributed by atoms with van der Waals surface area (Å²) in [6.45, 7) is 9.61. The lowest BCUT2D eigenvalue weighted by Gasteiger charge is -2.18. The van der Waals surface area contributed by atoms with Gasteiger partial charge in [0, 0.05) is 6.04 Å². The molecule has 1 N–H and O–H groups in total. The maximum absolute atomic E-state index is 4.11. The highest BCUT2D eigenvalue weighted by Crippen LogP contribution is 2.14. The highest BCUT2D eigenvalue weighted by molar-refractivity contribution is 7.07. The van der Waals surface area contributed by atoms with Gasteiger partial charge in [-0.25, -0.2) is 0 Å². The smallest absolute Gasteiger partial charge is 0.0145 e. The molecular formula is C14H23NS. The highest BCUT2D eigenvalue weighted by atomic mass is 32.1. The van der Waals surface area contributed by atoms with Crippen LogP contribution in [0.5, 0.6) is 0 Å². The van der Waals surface area contributed by atoms with Gasteiger partial charge in [-0.1, -0.05) is 26.0 Å². The summed E-state index contributed by atoms with van der Waals surface area (Å²) in [4.78, 5) is 0. The van der Waals surface area contributed by atoms with Crippen molar-refractivity contribution in [2.75, 3.05) is 6.54 Å². The molecule has 1 aromatic heterocycles. The fourth-order valence-corrected chi connectivity index (χ4v) is 2.43. The zero-order valence-electron chi connectivity index (χ0n) is 10.5.